The first-order valence-corrected chi connectivity index (χ1v) is 11.2. The molecule has 11 heteroatoms. The lowest BCUT2D eigenvalue weighted by Crippen LogP contribution is -2.51. The molecular weight excluding hydrogens is 472 g/mol. The van der Waals surface area contributed by atoms with Crippen molar-refractivity contribution in [1.82, 2.24) is 14.8 Å². The molecule has 3 aromatic rings. The molecule has 10 nitrogen and oxygen atoms in total. The molecule has 1 fully saturated rings. The molecule has 0 aliphatic carbocycles. The number of carbonyl (C=O) groups is 2. The smallest absolute Gasteiger partial charge is 0.322 e. The summed E-state index contributed by atoms with van der Waals surface area (Å²) in [6, 6.07) is 14.7. The van der Waals surface area contributed by atoms with Gasteiger partial charge in [0, 0.05) is 74.7 Å². The van der Waals surface area contributed by atoms with Gasteiger partial charge in [-0.05, 0) is 42.5 Å². The molecule has 180 valence electrons. The van der Waals surface area contributed by atoms with Crippen LogP contribution in [0.5, 0.6) is 0 Å². The van der Waals surface area contributed by atoms with Gasteiger partial charge in [-0.3, -0.25) is 19.9 Å². The van der Waals surface area contributed by atoms with Crippen molar-refractivity contribution < 1.29 is 14.5 Å². The van der Waals surface area contributed by atoms with Crippen LogP contribution in [-0.4, -0.2) is 64.9 Å². The maximum absolute atomic E-state index is 13.0. The van der Waals surface area contributed by atoms with Gasteiger partial charge in [-0.2, -0.15) is 0 Å². The fraction of sp³-hybridized carbons (Fsp3) is 0.208. The summed E-state index contributed by atoms with van der Waals surface area (Å²) in [5.41, 5.74) is 2.64. The van der Waals surface area contributed by atoms with Crippen LogP contribution in [0.2, 0.25) is 5.02 Å². The highest BCUT2D eigenvalue weighted by molar-refractivity contribution is 6.33. The van der Waals surface area contributed by atoms with E-state index in [9.17, 15) is 19.7 Å². The predicted molar refractivity (Wildman–Crippen MR) is 133 cm³/mol. The van der Waals surface area contributed by atoms with Crippen molar-refractivity contribution in [3.8, 4) is 0 Å². The number of halogens is 1. The van der Waals surface area contributed by atoms with Crippen LogP contribution in [0.1, 0.15) is 10.4 Å². The monoisotopic (exact) mass is 494 g/mol. The van der Waals surface area contributed by atoms with E-state index in [1.807, 2.05) is 36.2 Å². The topological polar surface area (TPSA) is 112 Å². The molecule has 1 saturated heterocycles. The molecule has 0 radical (unpaired) electrons. The van der Waals surface area contributed by atoms with Crippen molar-refractivity contribution in [3.63, 3.8) is 0 Å². The number of non-ortho nitro benzene ring substituents is 1. The van der Waals surface area contributed by atoms with E-state index in [2.05, 4.69) is 10.3 Å². The zero-order valence-corrected chi connectivity index (χ0v) is 19.7. The van der Waals surface area contributed by atoms with Gasteiger partial charge in [0.2, 0.25) is 0 Å². The summed E-state index contributed by atoms with van der Waals surface area (Å²) in [6.45, 7) is 1.48. The molecule has 2 heterocycles. The quantitative estimate of drug-likeness (QED) is 0.415. The number of benzene rings is 2. The summed E-state index contributed by atoms with van der Waals surface area (Å²) in [7, 11) is 1.94. The van der Waals surface area contributed by atoms with Gasteiger partial charge in [-0.15, -0.1) is 0 Å². The largest absolute Gasteiger partial charge is 0.345 e. The molecule has 1 aliphatic rings. The Balaban J connectivity index is 1.32. The van der Waals surface area contributed by atoms with Crippen LogP contribution in [0.25, 0.3) is 0 Å². The van der Waals surface area contributed by atoms with E-state index in [0.29, 0.717) is 31.7 Å². The van der Waals surface area contributed by atoms with Crippen LogP contribution in [-0.2, 0) is 0 Å². The van der Waals surface area contributed by atoms with Crippen LogP contribution in [0.3, 0.4) is 0 Å². The molecule has 0 spiro atoms. The SMILES string of the molecule is CN(c1ccncc1)c1ccc(C(=O)N2CCN(C(=O)Nc3ccc([N+](=O)[O-])cc3Cl)CC2)cc1. The third-order valence-electron chi connectivity index (χ3n) is 5.81. The molecule has 0 saturated carbocycles. The minimum absolute atomic E-state index is 0.0828. The van der Waals surface area contributed by atoms with E-state index in [4.69, 9.17) is 11.6 Å². The molecule has 1 aromatic heterocycles. The van der Waals surface area contributed by atoms with Gasteiger partial charge in [0.1, 0.15) is 0 Å². The van der Waals surface area contributed by atoms with E-state index in [1.54, 1.807) is 34.3 Å². The number of nitro groups is 1. The number of urea groups is 1. The second kappa shape index (κ2) is 10.4. The molecule has 1 aliphatic heterocycles. The Morgan fingerprint density at radius 2 is 1.57 bits per heavy atom. The number of nitro benzene ring substituents is 1. The highest BCUT2D eigenvalue weighted by Gasteiger charge is 2.25. The first kappa shape index (κ1) is 24.0. The molecular formula is C24H23ClN6O4. The van der Waals surface area contributed by atoms with E-state index in [1.165, 1.54) is 18.2 Å². The van der Waals surface area contributed by atoms with Crippen molar-refractivity contribution in [2.45, 2.75) is 0 Å². The number of anilines is 3. The van der Waals surface area contributed by atoms with Gasteiger partial charge in [-0.25, -0.2) is 4.79 Å². The zero-order valence-electron chi connectivity index (χ0n) is 18.9. The normalized spacial score (nSPS) is 13.3. The number of rotatable bonds is 5. The predicted octanol–water partition coefficient (Wildman–Crippen LogP) is 4.40. The molecule has 4 rings (SSSR count). The van der Waals surface area contributed by atoms with E-state index >= 15 is 0 Å². The fourth-order valence-corrected chi connectivity index (χ4v) is 3.97. The lowest BCUT2D eigenvalue weighted by Gasteiger charge is -2.34. The summed E-state index contributed by atoms with van der Waals surface area (Å²) in [5, 5.41) is 13.6. The van der Waals surface area contributed by atoms with Crippen molar-refractivity contribution >= 4 is 46.3 Å². The van der Waals surface area contributed by atoms with Gasteiger partial charge in [0.05, 0.1) is 15.6 Å². The van der Waals surface area contributed by atoms with Gasteiger partial charge in [-0.1, -0.05) is 11.6 Å². The highest BCUT2D eigenvalue weighted by atomic mass is 35.5. The van der Waals surface area contributed by atoms with Gasteiger partial charge >= 0.3 is 6.03 Å². The van der Waals surface area contributed by atoms with Crippen LogP contribution < -0.4 is 10.2 Å². The van der Waals surface area contributed by atoms with Crippen LogP contribution >= 0.6 is 11.6 Å². The van der Waals surface area contributed by atoms with Crippen molar-refractivity contribution in [2.75, 3.05) is 43.4 Å². The highest BCUT2D eigenvalue weighted by Crippen LogP contribution is 2.27. The average molecular weight is 495 g/mol. The molecule has 2 aromatic carbocycles. The van der Waals surface area contributed by atoms with Gasteiger partial charge < -0.3 is 20.0 Å². The number of aromatic nitrogens is 1. The lowest BCUT2D eigenvalue weighted by atomic mass is 10.1. The van der Waals surface area contributed by atoms with Crippen LogP contribution in [0.15, 0.2) is 67.0 Å². The third kappa shape index (κ3) is 5.49. The Morgan fingerprint density at radius 3 is 2.17 bits per heavy atom. The van der Waals surface area contributed by atoms with Crippen molar-refractivity contribution in [2.24, 2.45) is 0 Å². The molecule has 1 N–H and O–H groups in total. The van der Waals surface area contributed by atoms with E-state index in [-0.39, 0.29) is 28.3 Å². The Bertz CT molecular complexity index is 1230. The molecule has 0 bridgehead atoms. The summed E-state index contributed by atoms with van der Waals surface area (Å²) in [5.74, 6) is -0.0958. The second-order valence-corrected chi connectivity index (χ2v) is 8.35. The van der Waals surface area contributed by atoms with Gasteiger partial charge in [0.25, 0.3) is 11.6 Å². The summed E-state index contributed by atoms with van der Waals surface area (Å²) in [4.78, 5) is 45.2. The molecule has 3 amide bonds. The Kier molecular flexibility index (Phi) is 7.11. The van der Waals surface area contributed by atoms with Crippen molar-refractivity contribution in [1.29, 1.82) is 0 Å². The number of nitrogens with one attached hydrogen (secondary N) is 1. The molecule has 0 unspecified atom stereocenters. The number of hydrogen-bond donors (Lipinski definition) is 1. The van der Waals surface area contributed by atoms with Crippen LogP contribution in [0, 0.1) is 10.1 Å². The zero-order chi connectivity index (χ0) is 24.9. The summed E-state index contributed by atoms with van der Waals surface area (Å²) >= 11 is 6.06. The number of carbonyl (C=O) groups excluding carboxylic acids is 2. The van der Waals surface area contributed by atoms with E-state index in [0.717, 1.165) is 11.4 Å². The summed E-state index contributed by atoms with van der Waals surface area (Å²) in [6.07, 6.45) is 3.45. The number of nitrogens with zero attached hydrogens (tertiary/aromatic N) is 5. The van der Waals surface area contributed by atoms with Crippen molar-refractivity contribution in [3.05, 3.63) is 87.7 Å². The van der Waals surface area contributed by atoms with Crippen LogP contribution in [0.4, 0.5) is 27.5 Å². The minimum atomic E-state index is -0.555. The number of piperazine rings is 1. The molecule has 0 atom stereocenters. The Labute approximate surface area is 206 Å². The number of pyridine rings is 1. The fourth-order valence-electron chi connectivity index (χ4n) is 3.75. The van der Waals surface area contributed by atoms with E-state index < -0.39 is 4.92 Å². The third-order valence-corrected chi connectivity index (χ3v) is 6.12. The lowest BCUT2D eigenvalue weighted by molar-refractivity contribution is -0.384. The number of hydrogen-bond acceptors (Lipinski definition) is 6. The average Bonchev–Trinajstić information content (AvgIpc) is 2.89. The standard InChI is InChI=1S/C24H23ClN6O4/c1-28(19-8-10-26-11-9-19)18-4-2-17(3-5-18)23(32)29-12-14-30(15-13-29)24(33)27-22-7-6-20(31(34)35)16-21(22)25/h2-11,16H,12-15H2,1H3,(H,27,33). The maximum Gasteiger partial charge on any atom is 0.322 e. The second-order valence-electron chi connectivity index (χ2n) is 7.94. The number of amides is 3. The first-order chi connectivity index (χ1) is 16.8. The first-order valence-electron chi connectivity index (χ1n) is 10.9. The molecule has 35 heavy (non-hydrogen) atoms. The Hall–Kier alpha value is -4.18. The Morgan fingerprint density at radius 1 is 0.971 bits per heavy atom. The maximum atomic E-state index is 13.0. The summed E-state index contributed by atoms with van der Waals surface area (Å²) < 4.78 is 0. The van der Waals surface area contributed by atoms with Gasteiger partial charge in [0.15, 0.2) is 0 Å². The minimum Gasteiger partial charge on any atom is -0.345 e.